The van der Waals surface area contributed by atoms with Gasteiger partial charge in [0.15, 0.2) is 11.4 Å². The van der Waals surface area contributed by atoms with Crippen molar-refractivity contribution in [2.24, 2.45) is 7.05 Å². The number of anilines is 2. The average molecular weight is 928 g/mol. The fourth-order valence-electron chi connectivity index (χ4n) is 9.57. The molecule has 5 heterocycles. The predicted molar refractivity (Wildman–Crippen MR) is 274 cm³/mol. The third-order valence-corrected chi connectivity index (χ3v) is 13.0. The highest BCUT2D eigenvalue weighted by Crippen LogP contribution is 2.34. The maximum Gasteiger partial charge on any atom is 0.296 e. The summed E-state index contributed by atoms with van der Waals surface area (Å²) in [5, 5.41) is 13.3. The lowest BCUT2D eigenvalue weighted by molar-refractivity contribution is 0.0976. The second kappa shape index (κ2) is 17.2. The van der Waals surface area contributed by atoms with Crippen LogP contribution in [0.1, 0.15) is 40.4 Å². The molecule has 11 aromatic rings. The zero-order valence-electron chi connectivity index (χ0n) is 37.7. The first-order chi connectivity index (χ1) is 33.6. The number of aromatic nitrogens is 7. The number of halogens is 1. The molecule has 0 radical (unpaired) electrons. The lowest BCUT2D eigenvalue weighted by Gasteiger charge is -2.22. The Hall–Kier alpha value is -8.68. The van der Waals surface area contributed by atoms with Gasteiger partial charge in [0, 0.05) is 81.0 Å². The second-order valence-corrected chi connectivity index (χ2v) is 17.2. The highest BCUT2D eigenvalue weighted by Gasteiger charge is 2.30. The molecule has 0 aliphatic rings. The maximum atomic E-state index is 15.3. The Morgan fingerprint density at radius 3 is 1.86 bits per heavy atom. The van der Waals surface area contributed by atoms with Gasteiger partial charge in [-0.15, -0.1) is 0 Å². The minimum atomic E-state index is -0.425. The third-order valence-electron chi connectivity index (χ3n) is 12.8. The highest BCUT2D eigenvalue weighted by atomic mass is 35.5. The van der Waals surface area contributed by atoms with Gasteiger partial charge in [-0.05, 0) is 92.2 Å². The van der Waals surface area contributed by atoms with E-state index in [2.05, 4.69) is 4.98 Å². The van der Waals surface area contributed by atoms with E-state index in [9.17, 15) is 14.4 Å². The van der Waals surface area contributed by atoms with Crippen molar-refractivity contribution in [3.05, 3.63) is 207 Å². The molecule has 0 unspecified atom stereocenters. The maximum absolute atomic E-state index is 15.3. The number of carbonyl (C=O) groups excluding carboxylic acids is 2. The van der Waals surface area contributed by atoms with Gasteiger partial charge in [0.05, 0.1) is 23.1 Å². The molecule has 11 rings (SSSR count). The number of benzene rings is 6. The van der Waals surface area contributed by atoms with Crippen molar-refractivity contribution in [2.75, 3.05) is 22.9 Å². The summed E-state index contributed by atoms with van der Waals surface area (Å²) in [4.78, 5) is 67.5. The minimum Gasteiger partial charge on any atom is -0.339 e. The van der Waals surface area contributed by atoms with Crippen LogP contribution in [0, 0.1) is 0 Å². The third kappa shape index (κ3) is 7.13. The van der Waals surface area contributed by atoms with Crippen LogP contribution in [0.2, 0.25) is 5.02 Å². The average Bonchev–Trinajstić information content (AvgIpc) is 3.87. The fourth-order valence-corrected chi connectivity index (χ4v) is 9.69. The summed E-state index contributed by atoms with van der Waals surface area (Å²) in [6.45, 7) is 4.60. The van der Waals surface area contributed by atoms with E-state index < -0.39 is 11.5 Å². The van der Waals surface area contributed by atoms with Gasteiger partial charge in [-0.2, -0.15) is 19.6 Å². The molecule has 14 heteroatoms. The molecule has 6 aromatic carbocycles. The summed E-state index contributed by atoms with van der Waals surface area (Å²) in [6, 6.07) is 48.4. The molecule has 0 bridgehead atoms. The SMILES string of the molecule is CCN(C(=O)c1nn(-c2cnc3ccccc3c2)c(=O)c2c1c1ccccc1n2C)c1cccc(Cn2c3ccccc3c3c(C(=O)N(CC)c4ccccc4)nn(-c4ccc(Cl)cc4)c(=O)c32)c1. The smallest absolute Gasteiger partial charge is 0.296 e. The van der Waals surface area contributed by atoms with Gasteiger partial charge in [0.25, 0.3) is 22.9 Å². The normalized spacial score (nSPS) is 11.6. The number of hydrogen-bond acceptors (Lipinski definition) is 7. The summed E-state index contributed by atoms with van der Waals surface area (Å²) in [5.41, 5.74) is 5.22. The molecule has 69 heavy (non-hydrogen) atoms. The van der Waals surface area contributed by atoms with Crippen molar-refractivity contribution in [1.82, 2.24) is 33.7 Å². The lowest BCUT2D eigenvalue weighted by atomic mass is 10.1. The summed E-state index contributed by atoms with van der Waals surface area (Å²) in [6.07, 6.45) is 1.59. The van der Waals surface area contributed by atoms with Crippen LogP contribution >= 0.6 is 11.6 Å². The van der Waals surface area contributed by atoms with E-state index in [0.717, 1.165) is 32.9 Å². The molecule has 2 amide bonds. The number of para-hydroxylation sites is 4. The van der Waals surface area contributed by atoms with Crippen molar-refractivity contribution in [1.29, 1.82) is 0 Å². The molecule has 13 nitrogen and oxygen atoms in total. The standard InChI is InChI=1S/C55H42ClN9O4/c1-4-61(37-18-7-6-8-19-37)52(66)49-47-42-22-11-14-25-45(42)63(51(47)55(69)64(58-49)38-28-26-36(56)27-29-38)33-34-16-15-20-39(30-34)62(5-2)53(67)48-46-41-21-10-13-24-44(41)60(3)50(46)54(68)65(59-48)40-31-35-17-9-12-23-43(35)57-32-40/h6-32H,4-5,33H2,1-3H3. The topological polar surface area (TPSA) is 133 Å². The van der Waals surface area contributed by atoms with Gasteiger partial charge in [-0.1, -0.05) is 96.5 Å². The van der Waals surface area contributed by atoms with Crippen LogP contribution in [0.3, 0.4) is 0 Å². The molecule has 0 saturated carbocycles. The van der Waals surface area contributed by atoms with Crippen LogP contribution in [0.25, 0.3) is 65.9 Å². The Morgan fingerprint density at radius 1 is 0.580 bits per heavy atom. The molecule has 0 aliphatic heterocycles. The van der Waals surface area contributed by atoms with E-state index in [0.29, 0.717) is 56.0 Å². The summed E-state index contributed by atoms with van der Waals surface area (Å²) >= 11 is 6.30. The van der Waals surface area contributed by atoms with Crippen molar-refractivity contribution < 1.29 is 9.59 Å². The second-order valence-electron chi connectivity index (χ2n) is 16.7. The molecule has 0 N–H and O–H groups in total. The van der Waals surface area contributed by atoms with Crippen molar-refractivity contribution >= 4 is 89.3 Å². The van der Waals surface area contributed by atoms with Gasteiger partial charge in [0.2, 0.25) is 0 Å². The van der Waals surface area contributed by atoms with Gasteiger partial charge < -0.3 is 18.9 Å². The molecule has 338 valence electrons. The number of nitrogens with zero attached hydrogens (tertiary/aromatic N) is 9. The largest absolute Gasteiger partial charge is 0.339 e. The number of hydrogen-bond donors (Lipinski definition) is 0. The molecular weight excluding hydrogens is 886 g/mol. The van der Waals surface area contributed by atoms with E-state index in [1.807, 2.05) is 163 Å². The van der Waals surface area contributed by atoms with E-state index in [1.54, 1.807) is 40.3 Å². The molecule has 0 saturated heterocycles. The van der Waals surface area contributed by atoms with Crippen LogP contribution in [0.4, 0.5) is 11.4 Å². The Balaban J connectivity index is 1.06. The van der Waals surface area contributed by atoms with Crippen LogP contribution in [-0.2, 0) is 13.6 Å². The van der Waals surface area contributed by atoms with Crippen LogP contribution in [0.15, 0.2) is 174 Å². The minimum absolute atomic E-state index is 0.105. The Kier molecular flexibility index (Phi) is 10.7. The number of aryl methyl sites for hydroxylation is 1. The van der Waals surface area contributed by atoms with Crippen LogP contribution in [0.5, 0.6) is 0 Å². The van der Waals surface area contributed by atoms with Gasteiger partial charge in [-0.3, -0.25) is 24.2 Å². The van der Waals surface area contributed by atoms with E-state index in [1.165, 1.54) is 9.36 Å². The van der Waals surface area contributed by atoms with Crippen LogP contribution in [-0.4, -0.2) is 58.6 Å². The number of carbonyl (C=O) groups is 2. The van der Waals surface area contributed by atoms with E-state index in [-0.39, 0.29) is 41.5 Å². The molecule has 5 aromatic heterocycles. The van der Waals surface area contributed by atoms with Crippen LogP contribution < -0.4 is 20.9 Å². The zero-order chi connectivity index (χ0) is 47.5. The highest BCUT2D eigenvalue weighted by molar-refractivity contribution is 6.30. The Bertz CT molecular complexity index is 3990. The number of amides is 2. The fraction of sp³-hybridized carbons (Fsp3) is 0.109. The number of rotatable bonds is 10. The first kappa shape index (κ1) is 42.9. The van der Waals surface area contributed by atoms with Crippen molar-refractivity contribution in [3.63, 3.8) is 0 Å². The zero-order valence-corrected chi connectivity index (χ0v) is 38.5. The molecule has 0 aliphatic carbocycles. The van der Waals surface area contributed by atoms with Gasteiger partial charge >= 0.3 is 0 Å². The van der Waals surface area contributed by atoms with Crippen molar-refractivity contribution in [3.8, 4) is 11.4 Å². The number of pyridine rings is 1. The first-order valence-electron chi connectivity index (χ1n) is 22.6. The quantitative estimate of drug-likeness (QED) is 0.133. The summed E-state index contributed by atoms with van der Waals surface area (Å²) < 4.78 is 6.27. The van der Waals surface area contributed by atoms with Gasteiger partial charge in [0.1, 0.15) is 11.0 Å². The summed E-state index contributed by atoms with van der Waals surface area (Å²) in [5.74, 6) is -0.773. The monoisotopic (exact) mass is 927 g/mol. The van der Waals surface area contributed by atoms with E-state index in [4.69, 9.17) is 21.8 Å². The molecule has 0 fully saturated rings. The number of fused-ring (bicyclic) bond motifs is 7. The van der Waals surface area contributed by atoms with Crippen molar-refractivity contribution in [2.45, 2.75) is 20.4 Å². The van der Waals surface area contributed by atoms with Gasteiger partial charge in [-0.25, -0.2) is 0 Å². The molecule has 0 spiro atoms. The Morgan fingerprint density at radius 2 is 1.14 bits per heavy atom. The Labute approximate surface area is 399 Å². The molecular formula is C55H42ClN9O4. The van der Waals surface area contributed by atoms with E-state index >= 15 is 4.79 Å². The first-order valence-corrected chi connectivity index (χ1v) is 23.0. The lowest BCUT2D eigenvalue weighted by Crippen LogP contribution is -2.34. The predicted octanol–water partition coefficient (Wildman–Crippen LogP) is 10.1. The summed E-state index contributed by atoms with van der Waals surface area (Å²) in [7, 11) is 1.82. The molecule has 0 atom stereocenters.